The third-order valence-corrected chi connectivity index (χ3v) is 2.42. The van der Waals surface area contributed by atoms with Gasteiger partial charge < -0.3 is 10.1 Å². The molecule has 16 heavy (non-hydrogen) atoms. The maximum Gasteiger partial charge on any atom is 0.0640 e. The van der Waals surface area contributed by atoms with Crippen molar-refractivity contribution < 1.29 is 4.74 Å². The maximum absolute atomic E-state index is 5.37. The number of rotatable bonds is 7. The average molecular weight is 225 g/mol. The summed E-state index contributed by atoms with van der Waals surface area (Å²) in [7, 11) is 0. The van der Waals surface area contributed by atoms with E-state index in [1.165, 1.54) is 0 Å². The third-order valence-electron chi connectivity index (χ3n) is 2.42. The van der Waals surface area contributed by atoms with Crippen LogP contribution < -0.4 is 5.32 Å². The van der Waals surface area contributed by atoms with Crippen molar-refractivity contribution in [2.24, 2.45) is 0 Å². The van der Waals surface area contributed by atoms with Gasteiger partial charge in [-0.2, -0.15) is 5.10 Å². The van der Waals surface area contributed by atoms with Crippen molar-refractivity contribution in [2.45, 2.75) is 46.2 Å². The zero-order valence-corrected chi connectivity index (χ0v) is 10.7. The van der Waals surface area contributed by atoms with Gasteiger partial charge in [-0.05, 0) is 33.8 Å². The van der Waals surface area contributed by atoms with Gasteiger partial charge in [0.15, 0.2) is 0 Å². The van der Waals surface area contributed by atoms with Crippen molar-refractivity contribution in [1.29, 1.82) is 0 Å². The predicted molar refractivity (Wildman–Crippen MR) is 65.6 cm³/mol. The second kappa shape index (κ2) is 6.66. The van der Waals surface area contributed by atoms with Crippen molar-refractivity contribution in [3.05, 3.63) is 17.5 Å². The van der Waals surface area contributed by atoms with Crippen LogP contribution in [0, 0.1) is 6.92 Å². The summed E-state index contributed by atoms with van der Waals surface area (Å²) in [6.07, 6.45) is 0.945. The normalized spacial score (nSPS) is 15.0. The molecule has 0 saturated heterocycles. The first kappa shape index (κ1) is 13.2. The summed E-state index contributed by atoms with van der Waals surface area (Å²) in [6.45, 7) is 9.89. The van der Waals surface area contributed by atoms with E-state index in [1.54, 1.807) is 0 Å². The van der Waals surface area contributed by atoms with E-state index in [1.807, 2.05) is 13.8 Å². The van der Waals surface area contributed by atoms with Crippen molar-refractivity contribution in [3.63, 3.8) is 0 Å². The molecule has 2 N–H and O–H groups in total. The Morgan fingerprint density at radius 3 is 2.75 bits per heavy atom. The lowest BCUT2D eigenvalue weighted by Crippen LogP contribution is -2.38. The second-order valence-corrected chi connectivity index (χ2v) is 4.37. The Kier molecular flexibility index (Phi) is 5.49. The van der Waals surface area contributed by atoms with E-state index in [0.717, 1.165) is 31.0 Å². The number of ether oxygens (including phenoxy) is 1. The number of aromatic nitrogens is 2. The van der Waals surface area contributed by atoms with Crippen molar-refractivity contribution >= 4 is 0 Å². The fraction of sp³-hybridized carbons (Fsp3) is 0.750. The first-order valence-electron chi connectivity index (χ1n) is 5.96. The smallest absolute Gasteiger partial charge is 0.0640 e. The van der Waals surface area contributed by atoms with Gasteiger partial charge in [0, 0.05) is 30.8 Å². The molecule has 0 aromatic carbocycles. The first-order chi connectivity index (χ1) is 7.61. The minimum atomic E-state index is 0.384. The molecule has 4 nitrogen and oxygen atoms in total. The fourth-order valence-corrected chi connectivity index (χ4v) is 1.78. The molecule has 0 aliphatic heterocycles. The van der Waals surface area contributed by atoms with Gasteiger partial charge in [0.05, 0.1) is 12.3 Å². The lowest BCUT2D eigenvalue weighted by Gasteiger charge is -2.19. The van der Waals surface area contributed by atoms with Gasteiger partial charge in [-0.3, -0.25) is 5.10 Å². The van der Waals surface area contributed by atoms with E-state index in [0.29, 0.717) is 12.1 Å². The summed E-state index contributed by atoms with van der Waals surface area (Å²) < 4.78 is 5.37. The van der Waals surface area contributed by atoms with Gasteiger partial charge in [0.2, 0.25) is 0 Å². The molecule has 0 amide bonds. The predicted octanol–water partition coefficient (Wildman–Crippen LogP) is 1.66. The van der Waals surface area contributed by atoms with Crippen molar-refractivity contribution in [1.82, 2.24) is 15.5 Å². The van der Waals surface area contributed by atoms with Crippen LogP contribution in [-0.4, -0.2) is 35.5 Å². The molecule has 1 heterocycles. The molecule has 0 bridgehead atoms. The lowest BCUT2D eigenvalue weighted by atomic mass is 10.1. The van der Waals surface area contributed by atoms with Crippen LogP contribution in [0.1, 0.15) is 32.2 Å². The number of hydrogen-bond acceptors (Lipinski definition) is 3. The summed E-state index contributed by atoms with van der Waals surface area (Å²) in [4.78, 5) is 0. The molecule has 1 rings (SSSR count). The van der Waals surface area contributed by atoms with Crippen LogP contribution in [0.3, 0.4) is 0 Å². The minimum Gasteiger partial charge on any atom is -0.380 e. The highest BCUT2D eigenvalue weighted by molar-refractivity contribution is 5.07. The molecule has 92 valence electrons. The summed E-state index contributed by atoms with van der Waals surface area (Å²) in [6, 6.07) is 2.89. The molecule has 0 spiro atoms. The molecule has 1 aromatic heterocycles. The Labute approximate surface area is 97.8 Å². The number of aryl methyl sites for hydroxylation is 1. The highest BCUT2D eigenvalue weighted by Gasteiger charge is 2.09. The Morgan fingerprint density at radius 2 is 2.19 bits per heavy atom. The highest BCUT2D eigenvalue weighted by Crippen LogP contribution is 2.02. The van der Waals surface area contributed by atoms with E-state index < -0.39 is 0 Å². The average Bonchev–Trinajstić information content (AvgIpc) is 2.60. The summed E-state index contributed by atoms with van der Waals surface area (Å²) in [5, 5.41) is 10.7. The Bertz CT molecular complexity index is 298. The van der Waals surface area contributed by atoms with Crippen LogP contribution in [0.4, 0.5) is 0 Å². The maximum atomic E-state index is 5.37. The number of nitrogens with one attached hydrogen (secondary N) is 2. The Balaban J connectivity index is 2.27. The molecule has 0 aliphatic carbocycles. The molecular formula is C12H23N3O. The van der Waals surface area contributed by atoms with Crippen LogP contribution in [0.25, 0.3) is 0 Å². The van der Waals surface area contributed by atoms with Crippen LogP contribution in [0.5, 0.6) is 0 Å². The van der Waals surface area contributed by atoms with Gasteiger partial charge in [-0.15, -0.1) is 0 Å². The minimum absolute atomic E-state index is 0.384. The molecule has 0 fully saturated rings. The highest BCUT2D eigenvalue weighted by atomic mass is 16.5. The SMILES string of the molecule is CCOCC(C)NC(C)Cc1cc(C)[nH]n1. The number of aromatic amines is 1. The summed E-state index contributed by atoms with van der Waals surface area (Å²) >= 11 is 0. The molecule has 0 saturated carbocycles. The first-order valence-corrected chi connectivity index (χ1v) is 5.96. The topological polar surface area (TPSA) is 49.9 Å². The molecular weight excluding hydrogens is 202 g/mol. The summed E-state index contributed by atoms with van der Waals surface area (Å²) in [5.74, 6) is 0. The van der Waals surface area contributed by atoms with E-state index in [2.05, 4.69) is 35.4 Å². The van der Waals surface area contributed by atoms with Crippen LogP contribution >= 0.6 is 0 Å². The number of hydrogen-bond donors (Lipinski definition) is 2. The van der Waals surface area contributed by atoms with Gasteiger partial charge in [-0.25, -0.2) is 0 Å². The molecule has 0 aliphatic rings. The van der Waals surface area contributed by atoms with Crippen LogP contribution in [-0.2, 0) is 11.2 Å². The Morgan fingerprint density at radius 1 is 1.44 bits per heavy atom. The van der Waals surface area contributed by atoms with Crippen molar-refractivity contribution in [2.75, 3.05) is 13.2 Å². The van der Waals surface area contributed by atoms with E-state index in [-0.39, 0.29) is 0 Å². The van der Waals surface area contributed by atoms with Crippen molar-refractivity contribution in [3.8, 4) is 0 Å². The molecule has 0 radical (unpaired) electrons. The molecule has 2 unspecified atom stereocenters. The van der Waals surface area contributed by atoms with E-state index in [4.69, 9.17) is 4.74 Å². The molecule has 2 atom stereocenters. The largest absolute Gasteiger partial charge is 0.380 e. The van der Waals surface area contributed by atoms with E-state index >= 15 is 0 Å². The second-order valence-electron chi connectivity index (χ2n) is 4.37. The van der Waals surface area contributed by atoms with Crippen LogP contribution in [0.2, 0.25) is 0 Å². The lowest BCUT2D eigenvalue weighted by molar-refractivity contribution is 0.124. The van der Waals surface area contributed by atoms with Gasteiger partial charge in [0.1, 0.15) is 0 Å². The quantitative estimate of drug-likeness (QED) is 0.742. The standard InChI is InChI=1S/C12H23N3O/c1-5-16-8-11(4)13-9(2)6-12-7-10(3)14-15-12/h7,9,11,13H,5-6,8H2,1-4H3,(H,14,15). The number of nitrogens with zero attached hydrogens (tertiary/aromatic N) is 1. The fourth-order valence-electron chi connectivity index (χ4n) is 1.78. The van der Waals surface area contributed by atoms with Gasteiger partial charge in [-0.1, -0.05) is 0 Å². The summed E-state index contributed by atoms with van der Waals surface area (Å²) in [5.41, 5.74) is 2.23. The molecule has 4 heteroatoms. The molecule has 1 aromatic rings. The number of H-pyrrole nitrogens is 1. The monoisotopic (exact) mass is 225 g/mol. The zero-order valence-electron chi connectivity index (χ0n) is 10.7. The van der Waals surface area contributed by atoms with Gasteiger partial charge >= 0.3 is 0 Å². The Hall–Kier alpha value is -0.870. The zero-order chi connectivity index (χ0) is 12.0. The van der Waals surface area contributed by atoms with Gasteiger partial charge in [0.25, 0.3) is 0 Å². The third kappa shape index (κ3) is 4.77. The van der Waals surface area contributed by atoms with E-state index in [9.17, 15) is 0 Å². The van der Waals surface area contributed by atoms with Crippen LogP contribution in [0.15, 0.2) is 6.07 Å².